The SMILES string of the molecule is Cc1cc(C)c(Cc2ccccc2)cc1C. The summed E-state index contributed by atoms with van der Waals surface area (Å²) in [7, 11) is 0. The van der Waals surface area contributed by atoms with Crippen molar-refractivity contribution in [3.63, 3.8) is 0 Å². The smallest absolute Gasteiger partial charge is 0.00230 e. The molecule has 0 heteroatoms. The van der Waals surface area contributed by atoms with Crippen LogP contribution in [0.5, 0.6) is 0 Å². The molecular formula is C16H18. The lowest BCUT2D eigenvalue weighted by atomic mass is 9.96. The first-order chi connectivity index (χ1) is 7.66. The molecule has 2 aromatic carbocycles. The van der Waals surface area contributed by atoms with E-state index in [2.05, 4.69) is 63.2 Å². The van der Waals surface area contributed by atoms with Crippen molar-refractivity contribution in [2.45, 2.75) is 27.2 Å². The largest absolute Gasteiger partial charge is 0.0622 e. The van der Waals surface area contributed by atoms with E-state index in [0.717, 1.165) is 6.42 Å². The number of rotatable bonds is 2. The zero-order chi connectivity index (χ0) is 11.5. The molecule has 0 bridgehead atoms. The van der Waals surface area contributed by atoms with Crippen molar-refractivity contribution >= 4 is 0 Å². The fraction of sp³-hybridized carbons (Fsp3) is 0.250. The third-order valence-electron chi connectivity index (χ3n) is 3.19. The predicted molar refractivity (Wildman–Crippen MR) is 69.9 cm³/mol. The van der Waals surface area contributed by atoms with Crippen LogP contribution >= 0.6 is 0 Å². The van der Waals surface area contributed by atoms with Crippen molar-refractivity contribution < 1.29 is 0 Å². The second-order valence-electron chi connectivity index (χ2n) is 4.53. The van der Waals surface area contributed by atoms with Gasteiger partial charge in [-0.1, -0.05) is 42.5 Å². The number of aryl methyl sites for hydroxylation is 3. The zero-order valence-electron chi connectivity index (χ0n) is 10.2. The van der Waals surface area contributed by atoms with E-state index in [1.807, 2.05) is 0 Å². The first kappa shape index (κ1) is 10.9. The van der Waals surface area contributed by atoms with Crippen LogP contribution in [0.3, 0.4) is 0 Å². The summed E-state index contributed by atoms with van der Waals surface area (Å²) in [4.78, 5) is 0. The molecule has 0 fully saturated rings. The van der Waals surface area contributed by atoms with E-state index in [9.17, 15) is 0 Å². The van der Waals surface area contributed by atoms with E-state index < -0.39 is 0 Å². The summed E-state index contributed by atoms with van der Waals surface area (Å²) in [6.07, 6.45) is 1.04. The Balaban J connectivity index is 2.32. The summed E-state index contributed by atoms with van der Waals surface area (Å²) in [6.45, 7) is 6.56. The van der Waals surface area contributed by atoms with Gasteiger partial charge in [-0.25, -0.2) is 0 Å². The van der Waals surface area contributed by atoms with Crippen molar-refractivity contribution in [3.05, 3.63) is 70.3 Å². The maximum absolute atomic E-state index is 2.32. The van der Waals surface area contributed by atoms with Gasteiger partial charge >= 0.3 is 0 Å². The molecule has 0 radical (unpaired) electrons. The van der Waals surface area contributed by atoms with Crippen molar-refractivity contribution in [1.82, 2.24) is 0 Å². The highest BCUT2D eigenvalue weighted by Gasteiger charge is 2.02. The monoisotopic (exact) mass is 210 g/mol. The first-order valence-electron chi connectivity index (χ1n) is 5.77. The highest BCUT2D eigenvalue weighted by atomic mass is 14.1. The average molecular weight is 210 g/mol. The Bertz CT molecular complexity index is 481. The summed E-state index contributed by atoms with van der Waals surface area (Å²) in [5.41, 5.74) is 6.99. The number of hydrogen-bond donors (Lipinski definition) is 0. The maximum Gasteiger partial charge on any atom is -0.00230 e. The third kappa shape index (κ3) is 2.33. The van der Waals surface area contributed by atoms with Gasteiger partial charge in [-0.15, -0.1) is 0 Å². The van der Waals surface area contributed by atoms with E-state index in [1.54, 1.807) is 0 Å². The molecule has 0 saturated heterocycles. The summed E-state index contributed by atoms with van der Waals surface area (Å²) >= 11 is 0. The fourth-order valence-electron chi connectivity index (χ4n) is 2.03. The Labute approximate surface area is 97.9 Å². The van der Waals surface area contributed by atoms with Gasteiger partial charge in [-0.2, -0.15) is 0 Å². The molecule has 2 rings (SSSR count). The first-order valence-corrected chi connectivity index (χ1v) is 5.77. The minimum absolute atomic E-state index is 1.04. The summed E-state index contributed by atoms with van der Waals surface area (Å²) < 4.78 is 0. The quantitative estimate of drug-likeness (QED) is 0.696. The van der Waals surface area contributed by atoms with Gasteiger partial charge < -0.3 is 0 Å². The molecule has 0 atom stereocenters. The predicted octanol–water partition coefficient (Wildman–Crippen LogP) is 4.20. The van der Waals surface area contributed by atoms with Gasteiger partial charge in [-0.05, 0) is 55.0 Å². The van der Waals surface area contributed by atoms with Gasteiger partial charge in [0.1, 0.15) is 0 Å². The molecule has 0 aliphatic rings. The van der Waals surface area contributed by atoms with Crippen LogP contribution in [0.15, 0.2) is 42.5 Å². The van der Waals surface area contributed by atoms with Crippen LogP contribution in [0.4, 0.5) is 0 Å². The van der Waals surface area contributed by atoms with Crippen LogP contribution in [-0.4, -0.2) is 0 Å². The fourth-order valence-corrected chi connectivity index (χ4v) is 2.03. The van der Waals surface area contributed by atoms with Crippen LogP contribution in [0.1, 0.15) is 27.8 Å². The second-order valence-corrected chi connectivity index (χ2v) is 4.53. The van der Waals surface area contributed by atoms with Crippen molar-refractivity contribution in [1.29, 1.82) is 0 Å². The molecule has 16 heavy (non-hydrogen) atoms. The maximum atomic E-state index is 2.32. The molecule has 0 nitrogen and oxygen atoms in total. The van der Waals surface area contributed by atoms with E-state index in [4.69, 9.17) is 0 Å². The van der Waals surface area contributed by atoms with E-state index >= 15 is 0 Å². The van der Waals surface area contributed by atoms with E-state index in [1.165, 1.54) is 27.8 Å². The second kappa shape index (κ2) is 4.52. The van der Waals surface area contributed by atoms with Crippen molar-refractivity contribution in [2.75, 3.05) is 0 Å². The lowest BCUT2D eigenvalue weighted by Crippen LogP contribution is -1.94. The molecule has 0 spiro atoms. The van der Waals surface area contributed by atoms with Gasteiger partial charge in [-0.3, -0.25) is 0 Å². The van der Waals surface area contributed by atoms with Crippen LogP contribution in [0, 0.1) is 20.8 Å². The van der Waals surface area contributed by atoms with E-state index in [0.29, 0.717) is 0 Å². The van der Waals surface area contributed by atoms with Crippen molar-refractivity contribution in [3.8, 4) is 0 Å². The van der Waals surface area contributed by atoms with Crippen LogP contribution < -0.4 is 0 Å². The highest BCUT2D eigenvalue weighted by Crippen LogP contribution is 2.18. The molecule has 2 aromatic rings. The highest BCUT2D eigenvalue weighted by molar-refractivity contribution is 5.39. The Morgan fingerprint density at radius 2 is 1.38 bits per heavy atom. The standard InChI is InChI=1S/C16H18/c1-12-9-14(3)16(10-13(12)2)11-15-7-5-4-6-8-15/h4-10H,11H2,1-3H3. The summed E-state index contributed by atoms with van der Waals surface area (Å²) in [6, 6.07) is 15.3. The molecule has 0 amide bonds. The van der Waals surface area contributed by atoms with Crippen LogP contribution in [0.2, 0.25) is 0 Å². The Hall–Kier alpha value is -1.56. The molecule has 0 saturated carbocycles. The Morgan fingerprint density at radius 1 is 0.750 bits per heavy atom. The number of benzene rings is 2. The van der Waals surface area contributed by atoms with Crippen molar-refractivity contribution in [2.24, 2.45) is 0 Å². The lowest BCUT2D eigenvalue weighted by molar-refractivity contribution is 1.13. The molecule has 0 aliphatic carbocycles. The molecule has 0 heterocycles. The minimum atomic E-state index is 1.04. The minimum Gasteiger partial charge on any atom is -0.0622 e. The third-order valence-corrected chi connectivity index (χ3v) is 3.19. The van der Waals surface area contributed by atoms with E-state index in [-0.39, 0.29) is 0 Å². The topological polar surface area (TPSA) is 0 Å². The average Bonchev–Trinajstić information content (AvgIpc) is 2.27. The van der Waals surface area contributed by atoms with Gasteiger partial charge in [0.15, 0.2) is 0 Å². The van der Waals surface area contributed by atoms with Gasteiger partial charge in [0.25, 0.3) is 0 Å². The summed E-state index contributed by atoms with van der Waals surface area (Å²) in [5.74, 6) is 0. The molecule has 0 aliphatic heterocycles. The molecule has 0 aromatic heterocycles. The number of hydrogen-bond acceptors (Lipinski definition) is 0. The molecular weight excluding hydrogens is 192 g/mol. The molecule has 82 valence electrons. The van der Waals surface area contributed by atoms with Gasteiger partial charge in [0, 0.05) is 0 Å². The molecule has 0 unspecified atom stereocenters. The van der Waals surface area contributed by atoms with Gasteiger partial charge in [0.05, 0.1) is 0 Å². The van der Waals surface area contributed by atoms with Crippen LogP contribution in [-0.2, 0) is 6.42 Å². The Kier molecular flexibility index (Phi) is 3.09. The Morgan fingerprint density at radius 3 is 2.06 bits per heavy atom. The molecule has 0 N–H and O–H groups in total. The summed E-state index contributed by atoms with van der Waals surface area (Å²) in [5, 5.41) is 0. The lowest BCUT2D eigenvalue weighted by Gasteiger charge is -2.09. The normalized spacial score (nSPS) is 10.4. The van der Waals surface area contributed by atoms with Gasteiger partial charge in [0.2, 0.25) is 0 Å². The van der Waals surface area contributed by atoms with Crippen LogP contribution in [0.25, 0.3) is 0 Å². The zero-order valence-corrected chi connectivity index (χ0v) is 10.2.